The summed E-state index contributed by atoms with van der Waals surface area (Å²) in [5, 5.41) is 4.44. The van der Waals surface area contributed by atoms with Crippen molar-refractivity contribution >= 4 is 11.6 Å². The minimum Gasteiger partial charge on any atom is -0.309 e. The first-order valence-corrected chi connectivity index (χ1v) is 7.88. The van der Waals surface area contributed by atoms with Crippen molar-refractivity contribution in [2.45, 2.75) is 52.2 Å². The highest BCUT2D eigenvalue weighted by Crippen LogP contribution is 2.25. The molecular formula is C16H26ClN3. The van der Waals surface area contributed by atoms with Crippen molar-refractivity contribution in [2.75, 3.05) is 13.1 Å². The lowest BCUT2D eigenvalue weighted by Crippen LogP contribution is -2.62. The second-order valence-corrected chi connectivity index (χ2v) is 7.00. The molecule has 1 aromatic heterocycles. The van der Waals surface area contributed by atoms with Gasteiger partial charge in [0.05, 0.1) is 5.02 Å². The van der Waals surface area contributed by atoms with Gasteiger partial charge in [-0.2, -0.15) is 0 Å². The second kappa shape index (κ2) is 6.42. The summed E-state index contributed by atoms with van der Waals surface area (Å²) in [6, 6.07) is 2.60. The number of hydrogen-bond acceptors (Lipinski definition) is 3. The summed E-state index contributed by atoms with van der Waals surface area (Å²) in [6.45, 7) is 12.1. The summed E-state index contributed by atoms with van der Waals surface area (Å²) in [7, 11) is 0. The van der Waals surface area contributed by atoms with E-state index in [-0.39, 0.29) is 5.54 Å². The zero-order valence-corrected chi connectivity index (χ0v) is 13.7. The van der Waals surface area contributed by atoms with Crippen molar-refractivity contribution in [1.29, 1.82) is 0 Å². The Morgan fingerprint density at radius 1 is 1.55 bits per heavy atom. The summed E-state index contributed by atoms with van der Waals surface area (Å²) >= 11 is 6.27. The van der Waals surface area contributed by atoms with Gasteiger partial charge in [0, 0.05) is 43.6 Å². The second-order valence-electron chi connectivity index (χ2n) is 6.59. The molecule has 0 bridgehead atoms. The quantitative estimate of drug-likeness (QED) is 0.923. The molecule has 0 aromatic carbocycles. The minimum absolute atomic E-state index is 0.156. The fourth-order valence-electron chi connectivity index (χ4n) is 2.95. The summed E-state index contributed by atoms with van der Waals surface area (Å²) < 4.78 is 0. The molecule has 0 spiro atoms. The standard InChI is InChI=1S/C16H26ClN3/c1-5-12(2)15-9-19-16(3,4)11-20(15)10-13-6-7-18-8-14(13)17/h6-8,12,15,19H,5,9-11H2,1-4H3. The molecule has 3 nitrogen and oxygen atoms in total. The first-order chi connectivity index (χ1) is 9.43. The molecule has 1 fully saturated rings. The minimum atomic E-state index is 0.156. The van der Waals surface area contributed by atoms with Gasteiger partial charge < -0.3 is 5.32 Å². The van der Waals surface area contributed by atoms with Crippen molar-refractivity contribution in [1.82, 2.24) is 15.2 Å². The van der Waals surface area contributed by atoms with Crippen LogP contribution < -0.4 is 5.32 Å². The van der Waals surface area contributed by atoms with Gasteiger partial charge in [-0.25, -0.2) is 0 Å². The number of nitrogens with one attached hydrogen (secondary N) is 1. The molecule has 4 heteroatoms. The van der Waals surface area contributed by atoms with Crippen LogP contribution in [0.2, 0.25) is 5.02 Å². The van der Waals surface area contributed by atoms with Crippen molar-refractivity contribution in [3.63, 3.8) is 0 Å². The third kappa shape index (κ3) is 3.72. The molecule has 1 aliphatic heterocycles. The lowest BCUT2D eigenvalue weighted by atomic mass is 9.90. The van der Waals surface area contributed by atoms with Crippen LogP contribution in [0.1, 0.15) is 39.7 Å². The van der Waals surface area contributed by atoms with E-state index >= 15 is 0 Å². The largest absolute Gasteiger partial charge is 0.309 e. The predicted octanol–water partition coefficient (Wildman–Crippen LogP) is 3.33. The first kappa shape index (κ1) is 15.7. The number of aromatic nitrogens is 1. The van der Waals surface area contributed by atoms with E-state index in [0.29, 0.717) is 12.0 Å². The highest BCUT2D eigenvalue weighted by molar-refractivity contribution is 6.31. The molecule has 0 saturated carbocycles. The van der Waals surface area contributed by atoms with E-state index in [4.69, 9.17) is 11.6 Å². The van der Waals surface area contributed by atoms with Crippen LogP contribution >= 0.6 is 11.6 Å². The van der Waals surface area contributed by atoms with Crippen LogP contribution in [-0.4, -0.2) is 34.6 Å². The maximum atomic E-state index is 6.27. The van der Waals surface area contributed by atoms with E-state index in [9.17, 15) is 0 Å². The average Bonchev–Trinajstić information content (AvgIpc) is 2.40. The summed E-state index contributed by atoms with van der Waals surface area (Å²) in [4.78, 5) is 6.65. The van der Waals surface area contributed by atoms with Gasteiger partial charge in [0.15, 0.2) is 0 Å². The Labute approximate surface area is 127 Å². The van der Waals surface area contributed by atoms with Crippen LogP contribution in [0.3, 0.4) is 0 Å². The van der Waals surface area contributed by atoms with Crippen molar-refractivity contribution < 1.29 is 0 Å². The Balaban J connectivity index is 2.17. The van der Waals surface area contributed by atoms with Crippen molar-refractivity contribution in [3.8, 4) is 0 Å². The number of nitrogens with zero attached hydrogens (tertiary/aromatic N) is 2. The van der Waals surface area contributed by atoms with E-state index in [1.807, 2.05) is 12.3 Å². The Morgan fingerprint density at radius 2 is 2.30 bits per heavy atom. The molecule has 1 aliphatic rings. The third-order valence-electron chi connectivity index (χ3n) is 4.39. The van der Waals surface area contributed by atoms with E-state index in [1.165, 1.54) is 12.0 Å². The van der Waals surface area contributed by atoms with Gasteiger partial charge in [0.25, 0.3) is 0 Å². The molecule has 2 unspecified atom stereocenters. The monoisotopic (exact) mass is 295 g/mol. The molecule has 1 saturated heterocycles. The first-order valence-electron chi connectivity index (χ1n) is 7.50. The van der Waals surface area contributed by atoms with E-state index in [0.717, 1.165) is 24.7 Å². The smallest absolute Gasteiger partial charge is 0.0634 e. The molecule has 112 valence electrons. The number of piperazine rings is 1. The Morgan fingerprint density at radius 3 is 2.95 bits per heavy atom. The van der Waals surface area contributed by atoms with Gasteiger partial charge >= 0.3 is 0 Å². The lowest BCUT2D eigenvalue weighted by Gasteiger charge is -2.47. The van der Waals surface area contributed by atoms with Crippen LogP contribution in [0.4, 0.5) is 0 Å². The zero-order valence-electron chi connectivity index (χ0n) is 13.0. The summed E-state index contributed by atoms with van der Waals surface area (Å²) in [5.74, 6) is 0.680. The molecule has 2 heterocycles. The Bertz CT molecular complexity index is 447. The Hall–Kier alpha value is -0.640. The fraction of sp³-hybridized carbons (Fsp3) is 0.688. The van der Waals surface area contributed by atoms with Gasteiger partial charge in [-0.05, 0) is 31.4 Å². The number of rotatable bonds is 4. The molecule has 1 N–H and O–H groups in total. The van der Waals surface area contributed by atoms with Gasteiger partial charge in [-0.1, -0.05) is 31.9 Å². The van der Waals surface area contributed by atoms with Gasteiger partial charge in [-0.3, -0.25) is 9.88 Å². The van der Waals surface area contributed by atoms with Crippen LogP contribution in [0, 0.1) is 5.92 Å². The van der Waals surface area contributed by atoms with Crippen LogP contribution in [0.5, 0.6) is 0 Å². The molecule has 2 atom stereocenters. The average molecular weight is 296 g/mol. The van der Waals surface area contributed by atoms with Gasteiger partial charge in [0.1, 0.15) is 0 Å². The summed E-state index contributed by atoms with van der Waals surface area (Å²) in [6.07, 6.45) is 4.77. The van der Waals surface area contributed by atoms with E-state index in [1.54, 1.807) is 6.20 Å². The van der Waals surface area contributed by atoms with Gasteiger partial charge in [-0.15, -0.1) is 0 Å². The summed E-state index contributed by atoms with van der Waals surface area (Å²) in [5.41, 5.74) is 1.33. The maximum Gasteiger partial charge on any atom is 0.0634 e. The zero-order chi connectivity index (χ0) is 14.8. The Kier molecular flexibility index (Phi) is 5.05. The molecule has 0 aliphatic carbocycles. The molecule has 2 rings (SSSR count). The normalized spacial score (nSPS) is 24.6. The van der Waals surface area contributed by atoms with E-state index < -0.39 is 0 Å². The number of halogens is 1. The molecule has 1 aromatic rings. The van der Waals surface area contributed by atoms with E-state index in [2.05, 4.69) is 42.9 Å². The third-order valence-corrected chi connectivity index (χ3v) is 4.73. The number of pyridine rings is 1. The topological polar surface area (TPSA) is 28.2 Å². The fourth-order valence-corrected chi connectivity index (χ4v) is 3.13. The van der Waals surface area contributed by atoms with Crippen LogP contribution in [0.25, 0.3) is 0 Å². The van der Waals surface area contributed by atoms with Crippen LogP contribution in [-0.2, 0) is 6.54 Å². The van der Waals surface area contributed by atoms with Crippen molar-refractivity contribution in [3.05, 3.63) is 29.0 Å². The highest BCUT2D eigenvalue weighted by atomic mass is 35.5. The van der Waals surface area contributed by atoms with Crippen molar-refractivity contribution in [2.24, 2.45) is 5.92 Å². The molecule has 0 amide bonds. The predicted molar refractivity (Wildman–Crippen MR) is 85.0 cm³/mol. The maximum absolute atomic E-state index is 6.27. The molecule has 0 radical (unpaired) electrons. The number of hydrogen-bond donors (Lipinski definition) is 1. The van der Waals surface area contributed by atoms with Gasteiger partial charge in [0.2, 0.25) is 0 Å². The highest BCUT2D eigenvalue weighted by Gasteiger charge is 2.34. The SMILES string of the molecule is CCC(C)C1CNC(C)(C)CN1Cc1ccncc1Cl. The lowest BCUT2D eigenvalue weighted by molar-refractivity contribution is 0.0571. The molecule has 20 heavy (non-hydrogen) atoms. The van der Waals surface area contributed by atoms with Crippen LogP contribution in [0.15, 0.2) is 18.5 Å². The molecular weight excluding hydrogens is 270 g/mol.